The second-order valence-corrected chi connectivity index (χ2v) is 5.47. The Balaban J connectivity index is 1.99. The van der Waals surface area contributed by atoms with Gasteiger partial charge in [-0.2, -0.15) is 0 Å². The van der Waals surface area contributed by atoms with E-state index in [0.717, 1.165) is 16.7 Å². The topological polar surface area (TPSA) is 56.3 Å². The summed E-state index contributed by atoms with van der Waals surface area (Å²) in [5.41, 5.74) is 0.806. The van der Waals surface area contributed by atoms with Gasteiger partial charge in [-0.15, -0.1) is 0 Å². The zero-order chi connectivity index (χ0) is 16.2. The van der Waals surface area contributed by atoms with Crippen LogP contribution in [0.15, 0.2) is 48.7 Å². The Labute approximate surface area is 135 Å². The van der Waals surface area contributed by atoms with Crippen molar-refractivity contribution in [2.24, 2.45) is 0 Å². The number of aromatic nitrogens is 2. The highest BCUT2D eigenvalue weighted by Crippen LogP contribution is 2.35. The summed E-state index contributed by atoms with van der Waals surface area (Å²) in [6.45, 7) is 4.09. The third-order valence-electron chi connectivity index (χ3n) is 3.25. The van der Waals surface area contributed by atoms with Gasteiger partial charge in [0.05, 0.1) is 12.6 Å². The molecular formula is C18H19N3O2. The van der Waals surface area contributed by atoms with Crippen molar-refractivity contribution in [3.8, 4) is 17.2 Å². The lowest BCUT2D eigenvalue weighted by atomic mass is 10.2. The molecule has 5 heteroatoms. The molecule has 2 aromatic carbocycles. The fraction of sp³-hybridized carbons (Fsp3) is 0.222. The van der Waals surface area contributed by atoms with E-state index in [9.17, 15) is 0 Å². The van der Waals surface area contributed by atoms with Gasteiger partial charge in [-0.25, -0.2) is 9.97 Å². The number of ether oxygens (including phenoxy) is 2. The molecule has 0 atom stereocenters. The van der Waals surface area contributed by atoms with Gasteiger partial charge in [-0.05, 0) is 32.0 Å². The monoisotopic (exact) mass is 309 g/mol. The van der Waals surface area contributed by atoms with E-state index in [1.165, 1.54) is 0 Å². The van der Waals surface area contributed by atoms with E-state index in [2.05, 4.69) is 15.3 Å². The van der Waals surface area contributed by atoms with Gasteiger partial charge >= 0.3 is 0 Å². The van der Waals surface area contributed by atoms with Crippen LogP contribution in [0.25, 0.3) is 10.9 Å². The van der Waals surface area contributed by atoms with Crippen LogP contribution in [0.4, 0.5) is 5.95 Å². The molecule has 0 aliphatic heterocycles. The zero-order valence-corrected chi connectivity index (χ0v) is 13.4. The lowest BCUT2D eigenvalue weighted by molar-refractivity contribution is 0.379. The molecule has 1 aromatic heterocycles. The number of rotatable bonds is 5. The van der Waals surface area contributed by atoms with E-state index in [1.807, 2.05) is 56.3 Å². The Bertz CT molecular complexity index is 804. The molecule has 118 valence electrons. The van der Waals surface area contributed by atoms with Crippen LogP contribution in [0.5, 0.6) is 17.2 Å². The number of methoxy groups -OCH3 is 1. The number of para-hydroxylation sites is 1. The minimum absolute atomic E-state index is 0.273. The van der Waals surface area contributed by atoms with Crippen molar-refractivity contribution in [3.05, 3.63) is 48.7 Å². The molecule has 0 amide bonds. The second kappa shape index (κ2) is 6.52. The molecule has 5 nitrogen and oxygen atoms in total. The van der Waals surface area contributed by atoms with Gasteiger partial charge in [0.1, 0.15) is 5.75 Å². The molecule has 0 saturated carbocycles. The molecule has 0 spiro atoms. The molecule has 3 rings (SSSR count). The van der Waals surface area contributed by atoms with Crippen molar-refractivity contribution in [2.45, 2.75) is 19.9 Å². The normalized spacial score (nSPS) is 10.8. The third-order valence-corrected chi connectivity index (χ3v) is 3.25. The van der Waals surface area contributed by atoms with Gasteiger partial charge in [0.2, 0.25) is 5.95 Å². The van der Waals surface area contributed by atoms with Crippen molar-refractivity contribution in [1.82, 2.24) is 9.97 Å². The van der Waals surface area contributed by atoms with Crippen LogP contribution >= 0.6 is 0 Å². The standard InChI is InChI=1S/C18H19N3O2/c1-12(2)20-18-19-11-13-9-17(16(22-3)10-15(13)21-18)23-14-7-5-4-6-8-14/h4-12H,1-3H3,(H,19,20,21). The van der Waals surface area contributed by atoms with Crippen LogP contribution in [-0.4, -0.2) is 23.1 Å². The Morgan fingerprint density at radius 1 is 1.04 bits per heavy atom. The van der Waals surface area contributed by atoms with Crippen molar-refractivity contribution >= 4 is 16.9 Å². The molecule has 0 aliphatic carbocycles. The highest BCUT2D eigenvalue weighted by Gasteiger charge is 2.10. The Kier molecular flexibility index (Phi) is 4.28. The molecule has 0 bridgehead atoms. The van der Waals surface area contributed by atoms with E-state index >= 15 is 0 Å². The summed E-state index contributed by atoms with van der Waals surface area (Å²) in [5.74, 6) is 2.63. The van der Waals surface area contributed by atoms with E-state index in [1.54, 1.807) is 13.3 Å². The zero-order valence-electron chi connectivity index (χ0n) is 13.4. The van der Waals surface area contributed by atoms with Gasteiger partial charge in [0.15, 0.2) is 11.5 Å². The lowest BCUT2D eigenvalue weighted by Gasteiger charge is -2.12. The van der Waals surface area contributed by atoms with Gasteiger partial charge in [-0.3, -0.25) is 0 Å². The number of nitrogens with one attached hydrogen (secondary N) is 1. The molecular weight excluding hydrogens is 290 g/mol. The van der Waals surface area contributed by atoms with Crippen LogP contribution in [-0.2, 0) is 0 Å². The van der Waals surface area contributed by atoms with E-state index in [4.69, 9.17) is 9.47 Å². The first-order chi connectivity index (χ1) is 11.2. The number of fused-ring (bicyclic) bond motifs is 1. The Morgan fingerprint density at radius 3 is 2.52 bits per heavy atom. The highest BCUT2D eigenvalue weighted by molar-refractivity contribution is 5.83. The summed E-state index contributed by atoms with van der Waals surface area (Å²) in [6.07, 6.45) is 1.78. The third kappa shape index (κ3) is 3.51. The number of hydrogen-bond donors (Lipinski definition) is 1. The number of anilines is 1. The number of benzene rings is 2. The van der Waals surface area contributed by atoms with Crippen LogP contribution in [0.3, 0.4) is 0 Å². The summed E-state index contributed by atoms with van der Waals surface area (Å²) in [7, 11) is 1.62. The minimum Gasteiger partial charge on any atom is -0.493 e. The largest absolute Gasteiger partial charge is 0.493 e. The molecule has 1 heterocycles. The SMILES string of the molecule is COc1cc2nc(NC(C)C)ncc2cc1Oc1ccccc1. The van der Waals surface area contributed by atoms with Crippen LogP contribution in [0.1, 0.15) is 13.8 Å². The maximum absolute atomic E-state index is 5.91. The average molecular weight is 309 g/mol. The summed E-state index contributed by atoms with van der Waals surface area (Å²) in [4.78, 5) is 8.85. The quantitative estimate of drug-likeness (QED) is 0.763. The summed E-state index contributed by atoms with van der Waals surface area (Å²) in [6, 6.07) is 13.6. The van der Waals surface area contributed by atoms with Gasteiger partial charge in [-0.1, -0.05) is 18.2 Å². The molecule has 1 N–H and O–H groups in total. The van der Waals surface area contributed by atoms with Crippen LogP contribution < -0.4 is 14.8 Å². The fourth-order valence-electron chi connectivity index (χ4n) is 2.22. The number of hydrogen-bond acceptors (Lipinski definition) is 5. The number of nitrogens with zero attached hydrogens (tertiary/aromatic N) is 2. The predicted octanol–water partition coefficient (Wildman–Crippen LogP) is 4.25. The fourth-order valence-corrected chi connectivity index (χ4v) is 2.22. The summed E-state index contributed by atoms with van der Waals surface area (Å²) < 4.78 is 11.3. The first-order valence-corrected chi connectivity index (χ1v) is 7.50. The Hall–Kier alpha value is -2.82. The van der Waals surface area contributed by atoms with Gasteiger partial charge in [0, 0.05) is 23.7 Å². The van der Waals surface area contributed by atoms with Gasteiger partial charge < -0.3 is 14.8 Å². The molecule has 0 unspecified atom stereocenters. The first-order valence-electron chi connectivity index (χ1n) is 7.50. The Morgan fingerprint density at radius 2 is 1.83 bits per heavy atom. The van der Waals surface area contributed by atoms with Crippen molar-refractivity contribution < 1.29 is 9.47 Å². The smallest absolute Gasteiger partial charge is 0.223 e. The van der Waals surface area contributed by atoms with E-state index < -0.39 is 0 Å². The molecule has 3 aromatic rings. The molecule has 23 heavy (non-hydrogen) atoms. The van der Waals surface area contributed by atoms with Crippen molar-refractivity contribution in [3.63, 3.8) is 0 Å². The summed E-state index contributed by atoms with van der Waals surface area (Å²) in [5, 5.41) is 4.09. The minimum atomic E-state index is 0.273. The molecule has 0 radical (unpaired) electrons. The maximum Gasteiger partial charge on any atom is 0.223 e. The van der Waals surface area contributed by atoms with E-state index in [0.29, 0.717) is 17.4 Å². The maximum atomic E-state index is 5.91. The second-order valence-electron chi connectivity index (χ2n) is 5.47. The van der Waals surface area contributed by atoms with Crippen LogP contribution in [0.2, 0.25) is 0 Å². The molecule has 0 fully saturated rings. The van der Waals surface area contributed by atoms with Crippen molar-refractivity contribution in [2.75, 3.05) is 12.4 Å². The first kappa shape index (κ1) is 15.1. The molecule has 0 aliphatic rings. The van der Waals surface area contributed by atoms with E-state index in [-0.39, 0.29) is 6.04 Å². The molecule has 0 saturated heterocycles. The summed E-state index contributed by atoms with van der Waals surface area (Å²) >= 11 is 0. The lowest BCUT2D eigenvalue weighted by Crippen LogP contribution is -2.12. The van der Waals surface area contributed by atoms with Crippen LogP contribution in [0, 0.1) is 0 Å². The van der Waals surface area contributed by atoms with Crippen molar-refractivity contribution in [1.29, 1.82) is 0 Å². The highest BCUT2D eigenvalue weighted by atomic mass is 16.5. The predicted molar refractivity (Wildman–Crippen MR) is 91.4 cm³/mol. The average Bonchev–Trinajstić information content (AvgIpc) is 2.55. The van der Waals surface area contributed by atoms with Gasteiger partial charge in [0.25, 0.3) is 0 Å².